The summed E-state index contributed by atoms with van der Waals surface area (Å²) in [4.78, 5) is 5.93. The summed E-state index contributed by atoms with van der Waals surface area (Å²) in [6.45, 7) is 0. The summed E-state index contributed by atoms with van der Waals surface area (Å²) >= 11 is 4.92. The molecular formula is C9H9N3S. The van der Waals surface area contributed by atoms with E-state index in [4.69, 9.17) is 18.0 Å². The van der Waals surface area contributed by atoms with E-state index in [0.717, 1.165) is 16.9 Å². The van der Waals surface area contributed by atoms with E-state index in [1.54, 1.807) is 0 Å². The SMILES string of the molecule is Nc1cccc(-c2c[nH]c(=S)[nH]2)c1. The largest absolute Gasteiger partial charge is 0.399 e. The summed E-state index contributed by atoms with van der Waals surface area (Å²) in [7, 11) is 0. The van der Waals surface area contributed by atoms with Crippen LogP contribution in [-0.2, 0) is 0 Å². The number of nitrogens with two attached hydrogens (primary N) is 1. The van der Waals surface area contributed by atoms with Crippen molar-refractivity contribution in [2.45, 2.75) is 0 Å². The Labute approximate surface area is 80.6 Å². The van der Waals surface area contributed by atoms with Crippen molar-refractivity contribution in [1.29, 1.82) is 0 Å². The van der Waals surface area contributed by atoms with E-state index in [1.165, 1.54) is 0 Å². The van der Waals surface area contributed by atoms with Gasteiger partial charge in [-0.3, -0.25) is 0 Å². The summed E-state index contributed by atoms with van der Waals surface area (Å²) in [5.41, 5.74) is 8.39. The number of nitrogens with one attached hydrogen (secondary N) is 2. The molecule has 0 amide bonds. The van der Waals surface area contributed by atoms with Crippen molar-refractivity contribution >= 4 is 17.9 Å². The van der Waals surface area contributed by atoms with E-state index in [0.29, 0.717) is 4.77 Å². The van der Waals surface area contributed by atoms with Crippen LogP contribution in [0, 0.1) is 4.77 Å². The molecule has 0 saturated heterocycles. The van der Waals surface area contributed by atoms with Gasteiger partial charge in [0.25, 0.3) is 0 Å². The number of rotatable bonds is 1. The zero-order chi connectivity index (χ0) is 9.26. The number of anilines is 1. The highest BCUT2D eigenvalue weighted by Gasteiger charge is 1.97. The minimum atomic E-state index is 0.623. The molecule has 0 bridgehead atoms. The molecule has 0 fully saturated rings. The van der Waals surface area contributed by atoms with E-state index >= 15 is 0 Å². The lowest BCUT2D eigenvalue weighted by Crippen LogP contribution is -1.84. The molecule has 0 aliphatic heterocycles. The van der Waals surface area contributed by atoms with Gasteiger partial charge in [0.05, 0.1) is 5.69 Å². The van der Waals surface area contributed by atoms with Crippen molar-refractivity contribution in [3.8, 4) is 11.3 Å². The van der Waals surface area contributed by atoms with Crippen molar-refractivity contribution in [3.63, 3.8) is 0 Å². The van der Waals surface area contributed by atoms with Crippen LogP contribution in [0.3, 0.4) is 0 Å². The van der Waals surface area contributed by atoms with Gasteiger partial charge >= 0.3 is 0 Å². The number of imidazole rings is 1. The monoisotopic (exact) mass is 191 g/mol. The molecule has 2 rings (SSSR count). The third kappa shape index (κ3) is 1.62. The molecular weight excluding hydrogens is 182 g/mol. The number of H-pyrrole nitrogens is 2. The lowest BCUT2D eigenvalue weighted by Gasteiger charge is -1.97. The van der Waals surface area contributed by atoms with Crippen LogP contribution in [0.4, 0.5) is 5.69 Å². The summed E-state index contributed by atoms with van der Waals surface area (Å²) in [6.07, 6.45) is 1.83. The molecule has 1 aromatic carbocycles. The Morgan fingerprint density at radius 2 is 2.15 bits per heavy atom. The van der Waals surface area contributed by atoms with Crippen LogP contribution < -0.4 is 5.73 Å². The van der Waals surface area contributed by atoms with Crippen LogP contribution >= 0.6 is 12.2 Å². The predicted octanol–water partition coefficient (Wildman–Crippen LogP) is 2.32. The van der Waals surface area contributed by atoms with Crippen molar-refractivity contribution in [1.82, 2.24) is 9.97 Å². The molecule has 0 unspecified atom stereocenters. The zero-order valence-corrected chi connectivity index (χ0v) is 7.69. The Kier molecular flexibility index (Phi) is 1.90. The first-order chi connectivity index (χ1) is 6.25. The van der Waals surface area contributed by atoms with Gasteiger partial charge in [-0.25, -0.2) is 0 Å². The van der Waals surface area contributed by atoms with Crippen LogP contribution in [0.2, 0.25) is 0 Å². The average Bonchev–Trinajstić information content (AvgIpc) is 2.52. The van der Waals surface area contributed by atoms with Crippen LogP contribution in [-0.4, -0.2) is 9.97 Å². The third-order valence-corrected chi connectivity index (χ3v) is 2.01. The highest BCUT2D eigenvalue weighted by atomic mass is 32.1. The third-order valence-electron chi connectivity index (χ3n) is 1.79. The highest BCUT2D eigenvalue weighted by molar-refractivity contribution is 7.71. The second kappa shape index (κ2) is 3.06. The molecule has 4 heteroatoms. The minimum absolute atomic E-state index is 0.623. The summed E-state index contributed by atoms with van der Waals surface area (Å²) < 4.78 is 0.623. The predicted molar refractivity (Wildman–Crippen MR) is 55.8 cm³/mol. The molecule has 13 heavy (non-hydrogen) atoms. The molecule has 2 aromatic rings. The maximum absolute atomic E-state index is 5.65. The second-order valence-electron chi connectivity index (χ2n) is 2.78. The van der Waals surface area contributed by atoms with Gasteiger partial charge in [-0.15, -0.1) is 0 Å². The standard InChI is InChI=1S/C9H9N3S/c10-7-3-1-2-6(4-7)8-5-11-9(13)12-8/h1-5H,10H2,(H2,11,12,13). The van der Waals surface area contributed by atoms with Crippen molar-refractivity contribution in [2.75, 3.05) is 5.73 Å². The van der Waals surface area contributed by atoms with Gasteiger partial charge in [-0.2, -0.15) is 0 Å². The van der Waals surface area contributed by atoms with E-state index in [9.17, 15) is 0 Å². The Hall–Kier alpha value is -1.55. The number of benzene rings is 1. The molecule has 4 N–H and O–H groups in total. The van der Waals surface area contributed by atoms with Crippen molar-refractivity contribution < 1.29 is 0 Å². The molecule has 1 heterocycles. The maximum Gasteiger partial charge on any atom is 0.174 e. The summed E-state index contributed by atoms with van der Waals surface area (Å²) in [6, 6.07) is 7.64. The Balaban J connectivity index is 2.52. The fourth-order valence-corrected chi connectivity index (χ4v) is 1.36. The Bertz CT molecular complexity index is 469. The number of aromatic amines is 2. The first kappa shape index (κ1) is 8.07. The van der Waals surface area contributed by atoms with E-state index in [2.05, 4.69) is 9.97 Å². The van der Waals surface area contributed by atoms with Crippen LogP contribution in [0.1, 0.15) is 0 Å². The fraction of sp³-hybridized carbons (Fsp3) is 0. The lowest BCUT2D eigenvalue weighted by atomic mass is 10.1. The number of hydrogen-bond donors (Lipinski definition) is 3. The molecule has 0 atom stereocenters. The molecule has 0 radical (unpaired) electrons. The second-order valence-corrected chi connectivity index (χ2v) is 3.19. The van der Waals surface area contributed by atoms with Gasteiger partial charge in [0.15, 0.2) is 4.77 Å². The molecule has 0 spiro atoms. The first-order valence-electron chi connectivity index (χ1n) is 3.89. The Morgan fingerprint density at radius 1 is 1.31 bits per heavy atom. The van der Waals surface area contributed by atoms with Crippen LogP contribution in [0.5, 0.6) is 0 Å². The van der Waals surface area contributed by atoms with Gasteiger partial charge in [-0.1, -0.05) is 12.1 Å². The van der Waals surface area contributed by atoms with E-state index in [-0.39, 0.29) is 0 Å². The number of aromatic nitrogens is 2. The van der Waals surface area contributed by atoms with Gasteiger partial charge in [-0.05, 0) is 24.4 Å². The van der Waals surface area contributed by atoms with Gasteiger partial charge in [0.2, 0.25) is 0 Å². The molecule has 0 aliphatic carbocycles. The van der Waals surface area contributed by atoms with E-state index < -0.39 is 0 Å². The molecule has 0 aliphatic rings. The zero-order valence-electron chi connectivity index (χ0n) is 6.87. The first-order valence-corrected chi connectivity index (χ1v) is 4.30. The molecule has 3 nitrogen and oxygen atoms in total. The highest BCUT2D eigenvalue weighted by Crippen LogP contribution is 2.18. The van der Waals surface area contributed by atoms with Gasteiger partial charge < -0.3 is 15.7 Å². The van der Waals surface area contributed by atoms with Crippen molar-refractivity contribution in [2.24, 2.45) is 0 Å². The number of hydrogen-bond acceptors (Lipinski definition) is 2. The van der Waals surface area contributed by atoms with Gasteiger partial charge in [0, 0.05) is 17.4 Å². The Morgan fingerprint density at radius 3 is 2.77 bits per heavy atom. The van der Waals surface area contributed by atoms with Crippen molar-refractivity contribution in [3.05, 3.63) is 35.2 Å². The lowest BCUT2D eigenvalue weighted by molar-refractivity contribution is 1.27. The summed E-state index contributed by atoms with van der Waals surface area (Å²) in [5.74, 6) is 0. The average molecular weight is 191 g/mol. The molecule has 1 aromatic heterocycles. The minimum Gasteiger partial charge on any atom is -0.399 e. The van der Waals surface area contributed by atoms with Crippen LogP contribution in [0.15, 0.2) is 30.5 Å². The molecule has 66 valence electrons. The maximum atomic E-state index is 5.65. The summed E-state index contributed by atoms with van der Waals surface area (Å²) in [5, 5.41) is 0. The fourth-order valence-electron chi connectivity index (χ4n) is 1.19. The van der Waals surface area contributed by atoms with Gasteiger partial charge in [0.1, 0.15) is 0 Å². The number of nitrogen functional groups attached to an aromatic ring is 1. The van der Waals surface area contributed by atoms with Crippen LogP contribution in [0.25, 0.3) is 11.3 Å². The smallest absolute Gasteiger partial charge is 0.174 e. The quantitative estimate of drug-likeness (QED) is 0.478. The molecule has 0 saturated carbocycles. The normalized spacial score (nSPS) is 10.2. The topological polar surface area (TPSA) is 57.6 Å². The van der Waals surface area contributed by atoms with E-state index in [1.807, 2.05) is 30.5 Å².